The lowest BCUT2D eigenvalue weighted by Gasteiger charge is -2.61. The van der Waals surface area contributed by atoms with Crippen LogP contribution in [0.3, 0.4) is 0 Å². The SMILES string of the molecule is NCC1NNC(=O)C2CCC(c3cnn4c3CN(C(=O)C35CC(C3)C5)CC4)CC12. The van der Waals surface area contributed by atoms with Crippen LogP contribution in [0.4, 0.5) is 0 Å². The standard InChI is InChI=1S/C21H30N6O2/c22-9-17-15-5-13(1-2-14(15)19(28)25-24-17)16-10-23-27-4-3-26(11-18(16)27)20(29)21-6-12(7-21)8-21/h10,12-15,17,24H,1-9,11,22H2,(H,25,28). The Kier molecular flexibility index (Phi) is 3.88. The van der Waals surface area contributed by atoms with E-state index in [0.29, 0.717) is 24.9 Å². The molecular weight excluding hydrogens is 368 g/mol. The molecule has 4 unspecified atom stereocenters. The van der Waals surface area contributed by atoms with E-state index in [0.717, 1.165) is 57.5 Å². The Hall–Kier alpha value is -1.93. The van der Waals surface area contributed by atoms with Crippen molar-refractivity contribution >= 4 is 11.8 Å². The van der Waals surface area contributed by atoms with Gasteiger partial charge in [-0.25, -0.2) is 5.43 Å². The number of nitrogens with zero attached hydrogens (tertiary/aromatic N) is 3. The highest BCUT2D eigenvalue weighted by atomic mass is 16.2. The topological polar surface area (TPSA) is 105 Å². The first-order valence-corrected chi connectivity index (χ1v) is 11.2. The maximum atomic E-state index is 13.1. The molecule has 29 heavy (non-hydrogen) atoms. The fraction of sp³-hybridized carbons (Fsp3) is 0.762. The van der Waals surface area contributed by atoms with E-state index in [2.05, 4.69) is 25.5 Å². The molecule has 8 nitrogen and oxygen atoms in total. The van der Waals surface area contributed by atoms with Crippen LogP contribution in [-0.2, 0) is 22.7 Å². The highest BCUT2D eigenvalue weighted by molar-refractivity contribution is 5.86. The maximum absolute atomic E-state index is 13.1. The van der Waals surface area contributed by atoms with Gasteiger partial charge in [0.1, 0.15) is 0 Å². The van der Waals surface area contributed by atoms with Crippen LogP contribution in [-0.4, -0.2) is 45.6 Å². The fourth-order valence-corrected chi connectivity index (χ4v) is 6.71. The minimum Gasteiger partial charge on any atom is -0.334 e. The van der Waals surface area contributed by atoms with E-state index in [1.165, 1.54) is 11.3 Å². The predicted octanol–water partition coefficient (Wildman–Crippen LogP) is 0.487. The van der Waals surface area contributed by atoms with E-state index >= 15 is 0 Å². The molecule has 1 aromatic rings. The number of hydrazine groups is 1. The lowest BCUT2D eigenvalue weighted by atomic mass is 9.44. The number of carbonyl (C=O) groups is 2. The van der Waals surface area contributed by atoms with E-state index in [1.807, 2.05) is 6.20 Å². The second kappa shape index (κ2) is 6.28. The third kappa shape index (κ3) is 2.54. The van der Waals surface area contributed by atoms with Gasteiger partial charge in [-0.05, 0) is 61.8 Å². The molecule has 3 heterocycles. The third-order valence-electron chi connectivity index (χ3n) is 8.51. The van der Waals surface area contributed by atoms with Crippen molar-refractivity contribution < 1.29 is 9.59 Å². The zero-order chi connectivity index (χ0) is 19.8. The minimum atomic E-state index is -0.0133. The molecule has 1 saturated heterocycles. The van der Waals surface area contributed by atoms with Gasteiger partial charge in [0.15, 0.2) is 0 Å². The quantitative estimate of drug-likeness (QED) is 0.687. The number of carbonyl (C=O) groups excluding carboxylic acids is 2. The summed E-state index contributed by atoms with van der Waals surface area (Å²) in [4.78, 5) is 27.5. The number of fused-ring (bicyclic) bond motifs is 2. The fourth-order valence-electron chi connectivity index (χ4n) is 6.71. The monoisotopic (exact) mass is 398 g/mol. The van der Waals surface area contributed by atoms with Gasteiger partial charge in [-0.1, -0.05) is 0 Å². The average Bonchev–Trinajstić information content (AvgIpc) is 3.09. The number of nitrogens with one attached hydrogen (secondary N) is 2. The Balaban J connectivity index is 1.22. The first-order chi connectivity index (χ1) is 14.1. The van der Waals surface area contributed by atoms with Crippen molar-refractivity contribution in [2.75, 3.05) is 13.1 Å². The molecule has 6 aliphatic rings. The Morgan fingerprint density at radius 1 is 1.28 bits per heavy atom. The molecule has 0 aromatic carbocycles. The van der Waals surface area contributed by atoms with Crippen LogP contribution in [0.25, 0.3) is 0 Å². The zero-order valence-corrected chi connectivity index (χ0v) is 16.8. The third-order valence-corrected chi connectivity index (χ3v) is 8.51. The highest BCUT2D eigenvalue weighted by Crippen LogP contribution is 2.65. The number of aromatic nitrogens is 2. The van der Waals surface area contributed by atoms with Crippen molar-refractivity contribution in [2.45, 2.75) is 63.6 Å². The van der Waals surface area contributed by atoms with Crippen LogP contribution in [0.1, 0.15) is 55.7 Å². The number of amides is 2. The molecule has 5 fully saturated rings. The maximum Gasteiger partial charge on any atom is 0.237 e. The zero-order valence-electron chi connectivity index (χ0n) is 16.8. The lowest BCUT2D eigenvalue weighted by Crippen LogP contribution is -2.62. The van der Waals surface area contributed by atoms with Crippen LogP contribution in [0.2, 0.25) is 0 Å². The Bertz CT molecular complexity index is 848. The summed E-state index contributed by atoms with van der Waals surface area (Å²) < 4.78 is 2.10. The lowest BCUT2D eigenvalue weighted by molar-refractivity contribution is -0.178. The largest absolute Gasteiger partial charge is 0.334 e. The summed E-state index contributed by atoms with van der Waals surface area (Å²) in [7, 11) is 0. The molecule has 4 saturated carbocycles. The van der Waals surface area contributed by atoms with Crippen LogP contribution >= 0.6 is 0 Å². The molecule has 4 N–H and O–H groups in total. The summed E-state index contributed by atoms with van der Waals surface area (Å²) in [5.41, 5.74) is 14.3. The number of nitrogens with two attached hydrogens (primary N) is 1. The summed E-state index contributed by atoms with van der Waals surface area (Å²) in [6.07, 6.45) is 8.16. The van der Waals surface area contributed by atoms with Crippen LogP contribution < -0.4 is 16.6 Å². The van der Waals surface area contributed by atoms with Gasteiger partial charge >= 0.3 is 0 Å². The van der Waals surface area contributed by atoms with Crippen molar-refractivity contribution in [1.82, 2.24) is 25.5 Å². The van der Waals surface area contributed by atoms with E-state index < -0.39 is 0 Å². The summed E-state index contributed by atoms with van der Waals surface area (Å²) in [6.45, 7) is 2.76. The molecule has 2 bridgehead atoms. The van der Waals surface area contributed by atoms with E-state index in [4.69, 9.17) is 5.73 Å². The van der Waals surface area contributed by atoms with E-state index in [9.17, 15) is 9.59 Å². The molecule has 2 aliphatic heterocycles. The number of hydrogen-bond donors (Lipinski definition) is 3. The second-order valence-electron chi connectivity index (χ2n) is 10.0. The normalized spacial score (nSPS) is 40.2. The van der Waals surface area contributed by atoms with Crippen molar-refractivity contribution in [2.24, 2.45) is 28.9 Å². The number of hydrogen-bond acceptors (Lipinski definition) is 5. The molecule has 7 rings (SSSR count). The van der Waals surface area contributed by atoms with Gasteiger partial charge in [0.25, 0.3) is 0 Å². The van der Waals surface area contributed by atoms with E-state index in [-0.39, 0.29) is 29.2 Å². The molecule has 156 valence electrons. The Morgan fingerprint density at radius 2 is 2.10 bits per heavy atom. The molecule has 4 aliphatic carbocycles. The van der Waals surface area contributed by atoms with Gasteiger partial charge in [0, 0.05) is 25.0 Å². The van der Waals surface area contributed by atoms with Gasteiger partial charge in [-0.2, -0.15) is 5.10 Å². The predicted molar refractivity (Wildman–Crippen MR) is 105 cm³/mol. The molecule has 0 radical (unpaired) electrons. The first-order valence-electron chi connectivity index (χ1n) is 11.2. The van der Waals surface area contributed by atoms with Crippen LogP contribution in [0.15, 0.2) is 6.20 Å². The van der Waals surface area contributed by atoms with Gasteiger partial charge in [0.05, 0.1) is 30.4 Å². The first kappa shape index (κ1) is 17.9. The molecule has 4 atom stereocenters. The van der Waals surface area contributed by atoms with Crippen molar-refractivity contribution in [3.8, 4) is 0 Å². The number of rotatable bonds is 3. The van der Waals surface area contributed by atoms with Gasteiger partial charge in [-0.15, -0.1) is 0 Å². The highest BCUT2D eigenvalue weighted by Gasteiger charge is 2.62. The van der Waals surface area contributed by atoms with Gasteiger partial charge < -0.3 is 10.6 Å². The van der Waals surface area contributed by atoms with Gasteiger partial charge in [0.2, 0.25) is 11.8 Å². The molecule has 8 heteroatoms. The van der Waals surface area contributed by atoms with Crippen LogP contribution in [0.5, 0.6) is 0 Å². The van der Waals surface area contributed by atoms with Crippen molar-refractivity contribution in [1.29, 1.82) is 0 Å². The summed E-state index contributed by atoms with van der Waals surface area (Å²) >= 11 is 0. The Labute approximate surface area is 170 Å². The molecule has 0 spiro atoms. The van der Waals surface area contributed by atoms with Crippen molar-refractivity contribution in [3.05, 3.63) is 17.5 Å². The molecule has 2 amide bonds. The summed E-state index contributed by atoms with van der Waals surface area (Å²) in [5.74, 6) is 1.98. The molecular formula is C21H30N6O2. The van der Waals surface area contributed by atoms with Crippen LogP contribution in [0, 0.1) is 23.2 Å². The smallest absolute Gasteiger partial charge is 0.237 e. The van der Waals surface area contributed by atoms with E-state index in [1.54, 1.807) is 0 Å². The second-order valence-corrected chi connectivity index (χ2v) is 10.0. The van der Waals surface area contributed by atoms with Gasteiger partial charge in [-0.3, -0.25) is 19.7 Å². The summed E-state index contributed by atoms with van der Waals surface area (Å²) in [6, 6.07) is 0.120. The van der Waals surface area contributed by atoms with Crippen molar-refractivity contribution in [3.63, 3.8) is 0 Å². The average molecular weight is 399 g/mol. The minimum absolute atomic E-state index is 0.0133. The Morgan fingerprint density at radius 3 is 2.83 bits per heavy atom. The summed E-state index contributed by atoms with van der Waals surface area (Å²) in [5, 5.41) is 4.65. The molecule has 1 aromatic heterocycles.